The molecule has 1 N–H and O–H groups in total. The predicted molar refractivity (Wildman–Crippen MR) is 56.8 cm³/mol. The summed E-state index contributed by atoms with van der Waals surface area (Å²) in [5, 5.41) is 3.39. The van der Waals surface area contributed by atoms with E-state index in [2.05, 4.69) is 49.1 Å². The molecule has 74 valence electrons. The monoisotopic (exact) mass is 180 g/mol. The van der Waals surface area contributed by atoms with Gasteiger partial charge in [-0.2, -0.15) is 0 Å². The highest BCUT2D eigenvalue weighted by Crippen LogP contribution is 2.07. The van der Waals surface area contributed by atoms with E-state index in [1.807, 2.05) is 0 Å². The fourth-order valence-corrected chi connectivity index (χ4v) is 1.29. The molecule has 0 aromatic carbocycles. The lowest BCUT2D eigenvalue weighted by Crippen LogP contribution is -2.13. The van der Waals surface area contributed by atoms with E-state index in [4.69, 9.17) is 0 Å². The molecule has 0 amide bonds. The van der Waals surface area contributed by atoms with E-state index in [1.165, 1.54) is 12.0 Å². The normalized spacial score (nSPS) is 11.1. The molecule has 0 radical (unpaired) electrons. The Kier molecular flexibility index (Phi) is 4.03. The third-order valence-electron chi connectivity index (χ3n) is 2.13. The van der Waals surface area contributed by atoms with Crippen molar-refractivity contribution in [3.8, 4) is 0 Å². The van der Waals surface area contributed by atoms with Crippen LogP contribution in [0.25, 0.3) is 0 Å². The van der Waals surface area contributed by atoms with Crippen molar-refractivity contribution in [2.45, 2.75) is 39.8 Å². The minimum absolute atomic E-state index is 0.569. The molecule has 0 aliphatic rings. The summed E-state index contributed by atoms with van der Waals surface area (Å²) >= 11 is 0. The van der Waals surface area contributed by atoms with Gasteiger partial charge in [0.15, 0.2) is 0 Å². The lowest BCUT2D eigenvalue weighted by Gasteiger charge is -2.05. The zero-order valence-electron chi connectivity index (χ0n) is 8.88. The number of hydrogen-bond donors (Lipinski definition) is 1. The van der Waals surface area contributed by atoms with Gasteiger partial charge in [0.1, 0.15) is 0 Å². The first-order chi connectivity index (χ1) is 6.24. The average molecular weight is 180 g/mol. The molecular formula is C11H20N2. The summed E-state index contributed by atoms with van der Waals surface area (Å²) in [6.07, 6.45) is 5.56. The first-order valence-electron chi connectivity index (χ1n) is 5.11. The van der Waals surface area contributed by atoms with Crippen molar-refractivity contribution >= 4 is 0 Å². The Bertz CT molecular complexity index is 238. The average Bonchev–Trinajstić information content (AvgIpc) is 2.53. The summed E-state index contributed by atoms with van der Waals surface area (Å²) in [5.74, 6) is 0. The van der Waals surface area contributed by atoms with Gasteiger partial charge in [-0.3, -0.25) is 0 Å². The summed E-state index contributed by atoms with van der Waals surface area (Å²) in [6.45, 7) is 8.68. The van der Waals surface area contributed by atoms with Gasteiger partial charge in [0, 0.05) is 25.0 Å². The number of hydrogen-bond acceptors (Lipinski definition) is 1. The second kappa shape index (κ2) is 5.07. The maximum absolute atomic E-state index is 3.39. The van der Waals surface area contributed by atoms with Crippen LogP contribution in [0.2, 0.25) is 0 Å². The maximum Gasteiger partial charge on any atom is 0.0274 e. The van der Waals surface area contributed by atoms with Crippen LogP contribution in [0.4, 0.5) is 0 Å². The Hall–Kier alpha value is -0.760. The van der Waals surface area contributed by atoms with Crippen LogP contribution in [0.5, 0.6) is 0 Å². The molecule has 1 aromatic rings. The predicted octanol–water partition coefficient (Wildman–Crippen LogP) is 2.57. The molecule has 0 unspecified atom stereocenters. The smallest absolute Gasteiger partial charge is 0.0274 e. The minimum atomic E-state index is 0.569. The van der Waals surface area contributed by atoms with Gasteiger partial charge >= 0.3 is 0 Å². The Morgan fingerprint density at radius 1 is 1.46 bits per heavy atom. The molecule has 0 spiro atoms. The lowest BCUT2D eigenvalue weighted by molar-refractivity contribution is 0.599. The van der Waals surface area contributed by atoms with Crippen LogP contribution >= 0.6 is 0 Å². The largest absolute Gasteiger partial charge is 0.351 e. The summed E-state index contributed by atoms with van der Waals surface area (Å²) in [5.41, 5.74) is 1.38. The van der Waals surface area contributed by atoms with E-state index < -0.39 is 0 Å². The van der Waals surface area contributed by atoms with E-state index in [0.717, 1.165) is 13.1 Å². The highest BCUT2D eigenvalue weighted by Gasteiger charge is 1.98. The fraction of sp³-hybridized carbons (Fsp3) is 0.636. The Labute approximate surface area is 81.0 Å². The third-order valence-corrected chi connectivity index (χ3v) is 2.13. The van der Waals surface area contributed by atoms with Crippen molar-refractivity contribution in [2.75, 3.05) is 6.54 Å². The molecule has 0 fully saturated rings. The Morgan fingerprint density at radius 3 is 2.77 bits per heavy atom. The van der Waals surface area contributed by atoms with Gasteiger partial charge in [0.2, 0.25) is 0 Å². The number of aromatic nitrogens is 1. The first-order valence-corrected chi connectivity index (χ1v) is 5.11. The molecule has 1 rings (SSSR count). The zero-order chi connectivity index (χ0) is 9.68. The fourth-order valence-electron chi connectivity index (χ4n) is 1.29. The molecule has 0 saturated heterocycles. The molecule has 2 nitrogen and oxygen atoms in total. The van der Waals surface area contributed by atoms with Crippen LogP contribution in [0.3, 0.4) is 0 Å². The second-order valence-corrected chi connectivity index (χ2v) is 3.74. The number of nitrogens with zero attached hydrogens (tertiary/aromatic N) is 1. The summed E-state index contributed by atoms with van der Waals surface area (Å²) in [6, 6.07) is 2.75. The molecule has 1 heterocycles. The Morgan fingerprint density at radius 2 is 2.23 bits per heavy atom. The molecular weight excluding hydrogens is 160 g/mol. The molecule has 0 atom stereocenters. The highest BCUT2D eigenvalue weighted by molar-refractivity contribution is 5.10. The van der Waals surface area contributed by atoms with Crippen LogP contribution in [0.15, 0.2) is 18.5 Å². The van der Waals surface area contributed by atoms with Crippen LogP contribution in [-0.4, -0.2) is 11.1 Å². The van der Waals surface area contributed by atoms with Gasteiger partial charge in [-0.15, -0.1) is 0 Å². The van der Waals surface area contributed by atoms with Crippen LogP contribution in [0, 0.1) is 0 Å². The Balaban J connectivity index is 2.40. The summed E-state index contributed by atoms with van der Waals surface area (Å²) in [7, 11) is 0. The second-order valence-electron chi connectivity index (χ2n) is 3.74. The van der Waals surface area contributed by atoms with Crippen molar-refractivity contribution in [2.24, 2.45) is 0 Å². The van der Waals surface area contributed by atoms with E-state index in [-0.39, 0.29) is 0 Å². The van der Waals surface area contributed by atoms with Crippen molar-refractivity contribution in [1.29, 1.82) is 0 Å². The third kappa shape index (κ3) is 3.23. The van der Waals surface area contributed by atoms with E-state index >= 15 is 0 Å². The van der Waals surface area contributed by atoms with Crippen LogP contribution in [0.1, 0.15) is 38.8 Å². The molecule has 0 aliphatic carbocycles. The van der Waals surface area contributed by atoms with Gasteiger partial charge in [-0.1, -0.05) is 6.92 Å². The zero-order valence-corrected chi connectivity index (χ0v) is 8.88. The molecule has 0 saturated carbocycles. The van der Waals surface area contributed by atoms with E-state index in [1.54, 1.807) is 0 Å². The quantitative estimate of drug-likeness (QED) is 0.689. The van der Waals surface area contributed by atoms with Gasteiger partial charge in [-0.05, 0) is 38.4 Å². The highest BCUT2D eigenvalue weighted by atomic mass is 15.0. The molecule has 0 bridgehead atoms. The molecule has 13 heavy (non-hydrogen) atoms. The van der Waals surface area contributed by atoms with E-state index in [0.29, 0.717) is 6.04 Å². The van der Waals surface area contributed by atoms with Gasteiger partial charge in [0.25, 0.3) is 0 Å². The summed E-state index contributed by atoms with van der Waals surface area (Å²) < 4.78 is 2.24. The molecule has 1 aromatic heterocycles. The van der Waals surface area contributed by atoms with Crippen LogP contribution in [-0.2, 0) is 6.54 Å². The lowest BCUT2D eigenvalue weighted by atomic mass is 10.3. The SMILES string of the molecule is CCCNCc1ccn(C(C)C)c1. The van der Waals surface area contributed by atoms with Crippen molar-refractivity contribution in [1.82, 2.24) is 9.88 Å². The van der Waals surface area contributed by atoms with Crippen molar-refractivity contribution in [3.05, 3.63) is 24.0 Å². The van der Waals surface area contributed by atoms with Crippen LogP contribution < -0.4 is 5.32 Å². The minimum Gasteiger partial charge on any atom is -0.351 e. The standard InChI is InChI=1S/C11H20N2/c1-4-6-12-8-11-5-7-13(9-11)10(2)3/h5,7,9-10,12H,4,6,8H2,1-3H3. The maximum atomic E-state index is 3.39. The first kappa shape index (κ1) is 10.3. The number of nitrogens with one attached hydrogen (secondary N) is 1. The summed E-state index contributed by atoms with van der Waals surface area (Å²) in [4.78, 5) is 0. The molecule has 0 aliphatic heterocycles. The van der Waals surface area contributed by atoms with Crippen molar-refractivity contribution < 1.29 is 0 Å². The van der Waals surface area contributed by atoms with E-state index in [9.17, 15) is 0 Å². The van der Waals surface area contributed by atoms with Crippen molar-refractivity contribution in [3.63, 3.8) is 0 Å². The topological polar surface area (TPSA) is 17.0 Å². The van der Waals surface area contributed by atoms with Gasteiger partial charge < -0.3 is 9.88 Å². The molecule has 2 heteroatoms. The van der Waals surface area contributed by atoms with Gasteiger partial charge in [0.05, 0.1) is 0 Å². The van der Waals surface area contributed by atoms with Gasteiger partial charge in [-0.25, -0.2) is 0 Å². The number of rotatable bonds is 5.